The van der Waals surface area contributed by atoms with E-state index in [1.807, 2.05) is 20.8 Å². The molecule has 1 aromatic rings. The quantitative estimate of drug-likeness (QED) is 0.693. The Labute approximate surface area is 111 Å². The van der Waals surface area contributed by atoms with E-state index in [1.165, 1.54) is 13.0 Å². The van der Waals surface area contributed by atoms with Crippen LogP contribution in [0.3, 0.4) is 0 Å². The van der Waals surface area contributed by atoms with Crippen molar-refractivity contribution in [1.82, 2.24) is 0 Å². The highest BCUT2D eigenvalue weighted by Crippen LogP contribution is 2.31. The molecule has 0 amide bonds. The van der Waals surface area contributed by atoms with Crippen molar-refractivity contribution >= 4 is 11.9 Å². The maximum absolute atomic E-state index is 12.7. The number of halogens is 3. The van der Waals surface area contributed by atoms with Gasteiger partial charge in [-0.3, -0.25) is 4.79 Å². The van der Waals surface area contributed by atoms with Gasteiger partial charge in [0.2, 0.25) is 0 Å². The van der Waals surface area contributed by atoms with Gasteiger partial charge in [-0.2, -0.15) is 13.2 Å². The summed E-state index contributed by atoms with van der Waals surface area (Å²) in [4.78, 5) is 11.4. The standard InChI is InChI=1S/C15H17F3O/c1-10(19)13-6-5-12(15(16,17)18)9-11(13)7-8-14(2,3)4/h5-9H,1-4H3/b8-7+. The van der Waals surface area contributed by atoms with Crippen molar-refractivity contribution in [2.45, 2.75) is 33.9 Å². The molecular weight excluding hydrogens is 253 g/mol. The number of ketones is 1. The highest BCUT2D eigenvalue weighted by atomic mass is 19.4. The molecule has 0 aliphatic heterocycles. The van der Waals surface area contributed by atoms with Gasteiger partial charge in [0.25, 0.3) is 0 Å². The monoisotopic (exact) mass is 270 g/mol. The number of carbonyl (C=O) groups excluding carboxylic acids is 1. The van der Waals surface area contributed by atoms with Crippen LogP contribution in [0.4, 0.5) is 13.2 Å². The smallest absolute Gasteiger partial charge is 0.294 e. The van der Waals surface area contributed by atoms with E-state index < -0.39 is 11.7 Å². The number of carbonyl (C=O) groups is 1. The molecule has 0 heterocycles. The second-order valence-electron chi connectivity index (χ2n) is 5.56. The molecule has 104 valence electrons. The molecule has 1 nitrogen and oxygen atoms in total. The predicted octanol–water partition coefficient (Wildman–Crippen LogP) is 4.97. The molecule has 4 heteroatoms. The van der Waals surface area contributed by atoms with Crippen LogP contribution in [0.5, 0.6) is 0 Å². The van der Waals surface area contributed by atoms with E-state index in [0.717, 1.165) is 12.1 Å². The maximum atomic E-state index is 12.7. The third kappa shape index (κ3) is 4.54. The van der Waals surface area contributed by atoms with Crippen LogP contribution in [-0.2, 0) is 6.18 Å². The van der Waals surface area contributed by atoms with Crippen LogP contribution in [0, 0.1) is 5.41 Å². The average Bonchev–Trinajstić information content (AvgIpc) is 2.23. The average molecular weight is 270 g/mol. The fraction of sp³-hybridized carbons (Fsp3) is 0.400. The van der Waals surface area contributed by atoms with E-state index in [1.54, 1.807) is 12.2 Å². The van der Waals surface area contributed by atoms with E-state index in [0.29, 0.717) is 11.1 Å². The largest absolute Gasteiger partial charge is 0.416 e. The van der Waals surface area contributed by atoms with Crippen LogP contribution in [-0.4, -0.2) is 5.78 Å². The Balaban J connectivity index is 3.32. The fourth-order valence-corrected chi connectivity index (χ4v) is 1.54. The van der Waals surface area contributed by atoms with Gasteiger partial charge in [0.1, 0.15) is 0 Å². The maximum Gasteiger partial charge on any atom is 0.416 e. The summed E-state index contributed by atoms with van der Waals surface area (Å²) >= 11 is 0. The molecule has 0 unspecified atom stereocenters. The molecule has 0 saturated heterocycles. The lowest BCUT2D eigenvalue weighted by molar-refractivity contribution is -0.137. The molecule has 0 aliphatic carbocycles. The van der Waals surface area contributed by atoms with Gasteiger partial charge in [-0.05, 0) is 30.0 Å². The van der Waals surface area contributed by atoms with Gasteiger partial charge in [0.15, 0.2) is 5.78 Å². The summed E-state index contributed by atoms with van der Waals surface area (Å²) in [6.45, 7) is 7.15. The number of hydrogen-bond acceptors (Lipinski definition) is 1. The molecule has 0 bridgehead atoms. The van der Waals surface area contributed by atoms with Gasteiger partial charge < -0.3 is 0 Å². The third-order valence-corrected chi connectivity index (χ3v) is 2.52. The van der Waals surface area contributed by atoms with Crippen LogP contribution in [0.15, 0.2) is 24.3 Å². The van der Waals surface area contributed by atoms with Crippen LogP contribution >= 0.6 is 0 Å². The number of alkyl halides is 3. The van der Waals surface area contributed by atoms with Crippen LogP contribution < -0.4 is 0 Å². The summed E-state index contributed by atoms with van der Waals surface area (Å²) in [6, 6.07) is 3.18. The van der Waals surface area contributed by atoms with Crippen molar-refractivity contribution < 1.29 is 18.0 Å². The van der Waals surface area contributed by atoms with Gasteiger partial charge >= 0.3 is 6.18 Å². The van der Waals surface area contributed by atoms with Crippen molar-refractivity contribution in [2.75, 3.05) is 0 Å². The van der Waals surface area contributed by atoms with Gasteiger partial charge in [0.05, 0.1) is 5.56 Å². The first-order chi connectivity index (χ1) is 8.50. The predicted molar refractivity (Wildman–Crippen MR) is 69.9 cm³/mol. The van der Waals surface area contributed by atoms with E-state index in [-0.39, 0.29) is 11.2 Å². The van der Waals surface area contributed by atoms with Crippen molar-refractivity contribution in [2.24, 2.45) is 5.41 Å². The topological polar surface area (TPSA) is 17.1 Å². The summed E-state index contributed by atoms with van der Waals surface area (Å²) < 4.78 is 38.0. The van der Waals surface area contributed by atoms with Gasteiger partial charge in [-0.1, -0.05) is 39.0 Å². The fourth-order valence-electron chi connectivity index (χ4n) is 1.54. The molecule has 0 aliphatic rings. The molecule has 0 fully saturated rings. The molecule has 0 radical (unpaired) electrons. The SMILES string of the molecule is CC(=O)c1ccc(C(F)(F)F)cc1/C=C/C(C)(C)C. The van der Waals surface area contributed by atoms with E-state index >= 15 is 0 Å². The first-order valence-corrected chi connectivity index (χ1v) is 5.92. The van der Waals surface area contributed by atoms with Crippen molar-refractivity contribution in [3.63, 3.8) is 0 Å². The van der Waals surface area contributed by atoms with Crippen molar-refractivity contribution in [3.05, 3.63) is 41.0 Å². The zero-order valence-corrected chi connectivity index (χ0v) is 11.4. The van der Waals surface area contributed by atoms with E-state index in [9.17, 15) is 18.0 Å². The number of allylic oxidation sites excluding steroid dienone is 1. The van der Waals surface area contributed by atoms with Gasteiger partial charge in [0, 0.05) is 5.56 Å². The Morgan fingerprint density at radius 1 is 1.16 bits per heavy atom. The Kier molecular flexibility index (Phi) is 4.23. The number of hydrogen-bond donors (Lipinski definition) is 0. The van der Waals surface area contributed by atoms with Crippen LogP contribution in [0.2, 0.25) is 0 Å². The zero-order valence-electron chi connectivity index (χ0n) is 11.4. The van der Waals surface area contributed by atoms with Crippen LogP contribution in [0.1, 0.15) is 49.2 Å². The molecule has 0 aromatic heterocycles. The summed E-state index contributed by atoms with van der Waals surface area (Å²) in [7, 11) is 0. The minimum atomic E-state index is -4.40. The summed E-state index contributed by atoms with van der Waals surface area (Å²) in [5.74, 6) is -0.248. The molecule has 1 rings (SSSR count). The number of rotatable bonds is 2. The third-order valence-electron chi connectivity index (χ3n) is 2.52. The highest BCUT2D eigenvalue weighted by Gasteiger charge is 2.31. The normalized spacial score (nSPS) is 13.0. The molecule has 1 aromatic carbocycles. The highest BCUT2D eigenvalue weighted by molar-refractivity contribution is 5.97. The summed E-state index contributed by atoms with van der Waals surface area (Å²) in [5, 5.41) is 0. The Hall–Kier alpha value is -1.58. The number of Topliss-reactive ketones (excluding diaryl/α,β-unsaturated/α-hetero) is 1. The second kappa shape index (κ2) is 5.19. The Morgan fingerprint density at radius 2 is 1.74 bits per heavy atom. The van der Waals surface area contributed by atoms with E-state index in [4.69, 9.17) is 0 Å². The summed E-state index contributed by atoms with van der Waals surface area (Å²) in [6.07, 6.45) is -1.04. The first-order valence-electron chi connectivity index (χ1n) is 5.92. The van der Waals surface area contributed by atoms with Gasteiger partial charge in [-0.15, -0.1) is 0 Å². The van der Waals surface area contributed by atoms with Crippen molar-refractivity contribution in [3.8, 4) is 0 Å². The zero-order chi connectivity index (χ0) is 14.8. The molecular formula is C15H17F3O. The number of benzene rings is 1. The lowest BCUT2D eigenvalue weighted by Crippen LogP contribution is -2.07. The minimum absolute atomic E-state index is 0.164. The Morgan fingerprint density at radius 3 is 2.16 bits per heavy atom. The van der Waals surface area contributed by atoms with Crippen LogP contribution in [0.25, 0.3) is 6.08 Å². The lowest BCUT2D eigenvalue weighted by atomic mass is 9.93. The molecule has 0 atom stereocenters. The molecule has 0 saturated carbocycles. The molecule has 0 N–H and O–H groups in total. The Bertz CT molecular complexity index is 505. The first kappa shape index (κ1) is 15.5. The molecule has 0 spiro atoms. The van der Waals surface area contributed by atoms with Gasteiger partial charge in [-0.25, -0.2) is 0 Å². The second-order valence-corrected chi connectivity index (χ2v) is 5.56. The minimum Gasteiger partial charge on any atom is -0.294 e. The summed E-state index contributed by atoms with van der Waals surface area (Å²) in [5.41, 5.74) is -0.306. The molecule has 19 heavy (non-hydrogen) atoms. The van der Waals surface area contributed by atoms with Crippen molar-refractivity contribution in [1.29, 1.82) is 0 Å². The lowest BCUT2D eigenvalue weighted by Gasteiger charge is -2.13. The van der Waals surface area contributed by atoms with E-state index in [2.05, 4.69) is 0 Å².